The molecule has 0 radical (unpaired) electrons. The Kier molecular flexibility index (Phi) is 12.6. The molecule has 0 bridgehead atoms. The Morgan fingerprint density at radius 2 is 1.69 bits per heavy atom. The summed E-state index contributed by atoms with van der Waals surface area (Å²) in [5, 5.41) is 17.3. The molecule has 12 nitrogen and oxygen atoms in total. The number of nitrogens with zero attached hydrogens (tertiary/aromatic N) is 1. The van der Waals surface area contributed by atoms with Crippen molar-refractivity contribution in [3.8, 4) is 5.75 Å². The predicted octanol–water partition coefficient (Wildman–Crippen LogP) is 1.59. The molecule has 2 saturated heterocycles. The summed E-state index contributed by atoms with van der Waals surface area (Å²) in [7, 11) is 1.56. The van der Waals surface area contributed by atoms with E-state index < -0.39 is 41.9 Å². The zero-order valence-electron chi connectivity index (χ0n) is 24.8. The van der Waals surface area contributed by atoms with Crippen LogP contribution in [0.4, 0.5) is 0 Å². The molecule has 0 aromatic heterocycles. The number of nitrogens with one attached hydrogen (secondary N) is 4. The third kappa shape index (κ3) is 8.91. The topological polar surface area (TPSA) is 166 Å². The van der Waals surface area contributed by atoms with Gasteiger partial charge in [-0.2, -0.15) is 0 Å². The summed E-state index contributed by atoms with van der Waals surface area (Å²) >= 11 is 0. The summed E-state index contributed by atoms with van der Waals surface area (Å²) in [4.78, 5) is 67.7. The van der Waals surface area contributed by atoms with E-state index in [4.69, 9.17) is 9.94 Å². The van der Waals surface area contributed by atoms with Gasteiger partial charge in [0.2, 0.25) is 29.5 Å². The fourth-order valence-electron chi connectivity index (χ4n) is 5.47. The first-order valence-corrected chi connectivity index (χ1v) is 15.0. The van der Waals surface area contributed by atoms with Crippen molar-refractivity contribution >= 4 is 29.5 Å². The Bertz CT molecular complexity index is 1100. The average molecular weight is 588 g/mol. The summed E-state index contributed by atoms with van der Waals surface area (Å²) in [6.07, 6.45) is 4.85. The fourth-order valence-corrected chi connectivity index (χ4v) is 5.47. The summed E-state index contributed by atoms with van der Waals surface area (Å²) in [5.74, 6) is -1.64. The van der Waals surface area contributed by atoms with Crippen LogP contribution in [-0.4, -0.2) is 77.5 Å². The average Bonchev–Trinajstić information content (AvgIpc) is 3.01. The maximum Gasteiger partial charge on any atom is 0.246 e. The molecule has 2 aliphatic rings. The first kappa shape index (κ1) is 32.8. The fraction of sp³-hybridized carbons (Fsp3) is 0.633. The van der Waals surface area contributed by atoms with Crippen molar-refractivity contribution in [1.29, 1.82) is 0 Å². The maximum absolute atomic E-state index is 13.9. The molecule has 2 aliphatic heterocycles. The van der Waals surface area contributed by atoms with Crippen molar-refractivity contribution in [2.75, 3.05) is 13.7 Å². The van der Waals surface area contributed by atoms with Gasteiger partial charge in [-0.25, -0.2) is 5.48 Å². The second-order valence-corrected chi connectivity index (χ2v) is 11.2. The van der Waals surface area contributed by atoms with Gasteiger partial charge in [-0.15, -0.1) is 0 Å². The molecule has 5 atom stereocenters. The van der Waals surface area contributed by atoms with Crippen LogP contribution < -0.4 is 26.2 Å². The molecule has 232 valence electrons. The van der Waals surface area contributed by atoms with Gasteiger partial charge in [0.15, 0.2) is 0 Å². The highest BCUT2D eigenvalue weighted by Gasteiger charge is 2.40. The zero-order chi connectivity index (χ0) is 30.6. The lowest BCUT2D eigenvalue weighted by molar-refractivity contribution is -0.147. The van der Waals surface area contributed by atoms with Crippen LogP contribution in [0.3, 0.4) is 0 Å². The van der Waals surface area contributed by atoms with Gasteiger partial charge in [-0.3, -0.25) is 29.2 Å². The van der Waals surface area contributed by atoms with Crippen molar-refractivity contribution in [2.24, 2.45) is 5.92 Å². The minimum Gasteiger partial charge on any atom is -0.497 e. The van der Waals surface area contributed by atoms with Gasteiger partial charge < -0.3 is 25.6 Å². The second kappa shape index (κ2) is 16.1. The van der Waals surface area contributed by atoms with Gasteiger partial charge >= 0.3 is 0 Å². The lowest BCUT2D eigenvalue weighted by Crippen LogP contribution is -2.64. The lowest BCUT2D eigenvalue weighted by atomic mass is 9.93. The summed E-state index contributed by atoms with van der Waals surface area (Å²) < 4.78 is 5.23. The number of carbonyl (C=O) groups is 5. The normalized spacial score (nSPS) is 24.2. The zero-order valence-corrected chi connectivity index (χ0v) is 24.8. The van der Waals surface area contributed by atoms with E-state index in [2.05, 4.69) is 16.0 Å². The van der Waals surface area contributed by atoms with Crippen LogP contribution >= 0.6 is 0 Å². The van der Waals surface area contributed by atoms with E-state index in [1.807, 2.05) is 26.0 Å². The van der Waals surface area contributed by atoms with E-state index in [9.17, 15) is 24.0 Å². The van der Waals surface area contributed by atoms with Crippen LogP contribution in [0.1, 0.15) is 77.2 Å². The molecule has 42 heavy (non-hydrogen) atoms. The van der Waals surface area contributed by atoms with Crippen LogP contribution in [-0.2, 0) is 30.4 Å². The molecule has 1 aromatic carbocycles. The van der Waals surface area contributed by atoms with Gasteiger partial charge in [-0.05, 0) is 55.7 Å². The number of hydrogen-bond acceptors (Lipinski definition) is 7. The smallest absolute Gasteiger partial charge is 0.246 e. The highest BCUT2D eigenvalue weighted by Crippen LogP contribution is 2.22. The third-order valence-corrected chi connectivity index (χ3v) is 8.25. The van der Waals surface area contributed by atoms with Crippen molar-refractivity contribution in [1.82, 2.24) is 26.3 Å². The van der Waals surface area contributed by atoms with Gasteiger partial charge in [0.1, 0.15) is 29.9 Å². The Labute approximate surface area is 247 Å². The lowest BCUT2D eigenvalue weighted by Gasteiger charge is -2.39. The van der Waals surface area contributed by atoms with E-state index >= 15 is 0 Å². The van der Waals surface area contributed by atoms with E-state index in [0.717, 1.165) is 18.4 Å². The Morgan fingerprint density at radius 3 is 2.36 bits per heavy atom. The number of hydrogen-bond donors (Lipinski definition) is 5. The molecule has 0 spiro atoms. The number of carbonyl (C=O) groups excluding carboxylic acids is 5. The van der Waals surface area contributed by atoms with E-state index in [1.54, 1.807) is 29.6 Å². The maximum atomic E-state index is 13.9. The molecule has 5 N–H and O–H groups in total. The number of fused-ring (bicyclic) bond motifs is 1. The highest BCUT2D eigenvalue weighted by atomic mass is 16.5. The Morgan fingerprint density at radius 1 is 1.00 bits per heavy atom. The number of amides is 5. The van der Waals surface area contributed by atoms with Crippen LogP contribution in [0.2, 0.25) is 0 Å². The second-order valence-electron chi connectivity index (χ2n) is 11.2. The molecule has 0 unspecified atom stereocenters. The Balaban J connectivity index is 1.90. The van der Waals surface area contributed by atoms with Gasteiger partial charge in [-0.1, -0.05) is 45.2 Å². The number of ether oxygens (including phenoxy) is 1. The number of hydroxylamine groups is 1. The van der Waals surface area contributed by atoms with Crippen LogP contribution in [0.5, 0.6) is 5.75 Å². The van der Waals surface area contributed by atoms with Crippen molar-refractivity contribution in [3.63, 3.8) is 0 Å². The highest BCUT2D eigenvalue weighted by molar-refractivity contribution is 5.97. The van der Waals surface area contributed by atoms with Gasteiger partial charge in [0.25, 0.3) is 0 Å². The first-order valence-electron chi connectivity index (χ1n) is 15.0. The molecule has 2 fully saturated rings. The molecule has 2 heterocycles. The monoisotopic (exact) mass is 587 g/mol. The van der Waals surface area contributed by atoms with E-state index in [-0.39, 0.29) is 37.0 Å². The molecule has 1 aromatic rings. The molecule has 5 amide bonds. The largest absolute Gasteiger partial charge is 0.497 e. The van der Waals surface area contributed by atoms with Crippen LogP contribution in [0.25, 0.3) is 0 Å². The standard InChI is InChI=1S/C30H45N5O7/c1-4-19(2)26-30(40)35-17-9-8-11-24(35)29(39)31-22(10-6-5-7-12-25(36)34-41)27(37)32-23(28(38)33-26)18-20-13-15-21(42-3)16-14-20/h13-16,19,22-24,26,41H,4-12,17-18H2,1-3H3,(H,31,39)(H,32,37)(H,33,38)(H,34,36)/t19-,22+,23+,24+,26-/m0/s1. The summed E-state index contributed by atoms with van der Waals surface area (Å²) in [5.41, 5.74) is 2.38. The number of piperidine rings is 1. The summed E-state index contributed by atoms with van der Waals surface area (Å²) in [6, 6.07) is 3.68. The Hall–Kier alpha value is -3.67. The SMILES string of the molecule is CC[C@H](C)[C@@H]1NC(=O)[C@@H](Cc2ccc(OC)cc2)NC(=O)[C@@H](CCCCCC(=O)NO)NC(=O)[C@H]2CCCCN2C1=O. The minimum absolute atomic E-state index is 0.139. The van der Waals surface area contributed by atoms with Crippen LogP contribution in [0.15, 0.2) is 24.3 Å². The molecular formula is C30H45N5O7. The molecule has 0 saturated carbocycles. The summed E-state index contributed by atoms with van der Waals surface area (Å²) in [6.45, 7) is 4.24. The number of unbranched alkanes of at least 4 members (excludes halogenated alkanes) is 2. The number of rotatable bonds is 11. The van der Waals surface area contributed by atoms with Gasteiger partial charge in [0, 0.05) is 19.4 Å². The molecule has 0 aliphatic carbocycles. The van der Waals surface area contributed by atoms with E-state index in [1.165, 1.54) is 0 Å². The van der Waals surface area contributed by atoms with Crippen molar-refractivity contribution in [3.05, 3.63) is 29.8 Å². The minimum atomic E-state index is -0.991. The molecular weight excluding hydrogens is 542 g/mol. The number of methoxy groups -OCH3 is 1. The van der Waals surface area contributed by atoms with Crippen molar-refractivity contribution < 1.29 is 33.9 Å². The number of benzene rings is 1. The van der Waals surface area contributed by atoms with Crippen LogP contribution in [0, 0.1) is 5.92 Å². The molecule has 12 heteroatoms. The van der Waals surface area contributed by atoms with E-state index in [0.29, 0.717) is 44.4 Å². The van der Waals surface area contributed by atoms with Crippen molar-refractivity contribution in [2.45, 2.75) is 102 Å². The quantitative estimate of drug-likeness (QED) is 0.149. The third-order valence-electron chi connectivity index (χ3n) is 8.25. The predicted molar refractivity (Wildman–Crippen MR) is 154 cm³/mol. The van der Waals surface area contributed by atoms with Gasteiger partial charge in [0.05, 0.1) is 7.11 Å². The first-order chi connectivity index (χ1) is 20.2. The molecule has 3 rings (SSSR count).